The first-order valence-electron chi connectivity index (χ1n) is 9.48. The van der Waals surface area contributed by atoms with Crippen molar-refractivity contribution in [2.45, 2.75) is 44.8 Å². The second-order valence-electron chi connectivity index (χ2n) is 6.85. The number of rotatable bonds is 6. The van der Waals surface area contributed by atoms with Crippen molar-refractivity contribution in [1.29, 1.82) is 0 Å². The molecule has 3 atom stereocenters. The van der Waals surface area contributed by atoms with Crippen molar-refractivity contribution in [1.82, 2.24) is 0 Å². The Labute approximate surface area is 181 Å². The summed E-state index contributed by atoms with van der Waals surface area (Å²) < 4.78 is 24.3. The maximum atomic E-state index is 13.1. The molecule has 2 rings (SSSR count). The summed E-state index contributed by atoms with van der Waals surface area (Å²) in [5.41, 5.74) is 1.41. The lowest BCUT2D eigenvalue weighted by atomic mass is 9.93. The zero-order valence-corrected chi connectivity index (χ0v) is 18.9. The predicted molar refractivity (Wildman–Crippen MR) is 118 cm³/mol. The number of hydrogen-bond acceptors (Lipinski definition) is 5. The first-order valence-corrected chi connectivity index (χ1v) is 10.7. The molecular weight excluding hydrogens is 471 g/mol. The van der Waals surface area contributed by atoms with E-state index < -0.39 is 0 Å². The van der Waals surface area contributed by atoms with Crippen molar-refractivity contribution in [3.8, 4) is 5.75 Å². The van der Waals surface area contributed by atoms with Crippen LogP contribution in [-0.2, 0) is 20.6 Å². The highest BCUT2D eigenvalue weighted by Gasteiger charge is 2.27. The summed E-state index contributed by atoms with van der Waals surface area (Å²) in [5.74, 6) is 0.462. The Morgan fingerprint density at radius 1 is 1.29 bits per heavy atom. The molecule has 1 unspecified atom stereocenters. The molecular formula is C22H29IO5. The van der Waals surface area contributed by atoms with Crippen molar-refractivity contribution in [3.05, 3.63) is 51.6 Å². The van der Waals surface area contributed by atoms with E-state index in [4.69, 9.17) is 18.9 Å². The van der Waals surface area contributed by atoms with Gasteiger partial charge in [0.1, 0.15) is 24.2 Å². The molecule has 0 bridgehead atoms. The molecule has 1 heterocycles. The first kappa shape index (κ1) is 22.9. The van der Waals surface area contributed by atoms with E-state index in [0.29, 0.717) is 30.6 Å². The minimum Gasteiger partial charge on any atom is -0.496 e. The number of hydrogen-bond donors (Lipinski definition) is 0. The van der Waals surface area contributed by atoms with Crippen molar-refractivity contribution in [2.75, 3.05) is 21.0 Å². The van der Waals surface area contributed by atoms with Crippen LogP contribution in [0.4, 0.5) is 0 Å². The van der Waals surface area contributed by atoms with E-state index in [-0.39, 0.29) is 30.9 Å². The number of cyclic esters (lactones) is 1. The smallest absolute Gasteiger partial charge is 0.342 e. The van der Waals surface area contributed by atoms with Gasteiger partial charge in [-0.1, -0.05) is 59.9 Å². The van der Waals surface area contributed by atoms with Crippen LogP contribution in [0.15, 0.2) is 40.5 Å². The number of benzene rings is 1. The van der Waals surface area contributed by atoms with Crippen LogP contribution >= 0.6 is 22.6 Å². The molecule has 6 heteroatoms. The molecule has 0 saturated heterocycles. The Balaban J connectivity index is 2.37. The van der Waals surface area contributed by atoms with Gasteiger partial charge in [0, 0.05) is 20.0 Å². The Morgan fingerprint density at radius 2 is 2.11 bits per heavy atom. The number of methoxy groups -OCH3 is 2. The van der Waals surface area contributed by atoms with Crippen molar-refractivity contribution in [2.24, 2.45) is 5.92 Å². The van der Waals surface area contributed by atoms with E-state index in [9.17, 15) is 4.79 Å². The van der Waals surface area contributed by atoms with Crippen molar-refractivity contribution >= 4 is 28.6 Å². The molecule has 1 aliphatic rings. The van der Waals surface area contributed by atoms with E-state index in [1.54, 1.807) is 20.3 Å². The minimum absolute atomic E-state index is 0.0680. The molecule has 0 aliphatic carbocycles. The maximum Gasteiger partial charge on any atom is 0.342 e. The van der Waals surface area contributed by atoms with Crippen LogP contribution in [0.2, 0.25) is 0 Å². The van der Waals surface area contributed by atoms with Gasteiger partial charge in [0.15, 0.2) is 0 Å². The topological polar surface area (TPSA) is 54.0 Å². The fourth-order valence-corrected chi connectivity index (χ4v) is 3.60. The average molecular weight is 500 g/mol. The van der Waals surface area contributed by atoms with Crippen LogP contribution in [0.25, 0.3) is 0 Å². The lowest BCUT2D eigenvalue weighted by Gasteiger charge is -2.28. The summed E-state index contributed by atoms with van der Waals surface area (Å²) >= 11 is 2.17. The Hall–Kier alpha value is -1.38. The number of halogens is 1. The van der Waals surface area contributed by atoms with E-state index in [0.717, 1.165) is 12.0 Å². The van der Waals surface area contributed by atoms with Crippen LogP contribution in [0, 0.1) is 5.92 Å². The number of carbonyl (C=O) groups excluding carboxylic acids is 1. The highest BCUT2D eigenvalue weighted by atomic mass is 127. The molecule has 0 radical (unpaired) electrons. The van der Waals surface area contributed by atoms with Crippen molar-refractivity contribution < 1.29 is 23.7 Å². The number of carbonyl (C=O) groups is 1. The van der Waals surface area contributed by atoms with Gasteiger partial charge >= 0.3 is 5.97 Å². The molecule has 0 amide bonds. The second-order valence-corrected chi connectivity index (χ2v) is 7.57. The number of allylic oxidation sites excluding steroid dienone is 2. The Morgan fingerprint density at radius 3 is 2.82 bits per heavy atom. The van der Waals surface area contributed by atoms with Crippen molar-refractivity contribution in [3.63, 3.8) is 0 Å². The summed E-state index contributed by atoms with van der Waals surface area (Å²) in [5, 5.41) is 0. The number of ether oxygens (including phenoxy) is 4. The molecule has 5 nitrogen and oxygen atoms in total. The molecule has 0 aromatic heterocycles. The second kappa shape index (κ2) is 12.2. The molecule has 0 spiro atoms. The van der Waals surface area contributed by atoms with Crippen LogP contribution < -0.4 is 4.74 Å². The number of fused-ring (bicyclic) bond motifs is 1. The van der Waals surface area contributed by atoms with Gasteiger partial charge in [-0.25, -0.2) is 4.79 Å². The number of esters is 1. The molecule has 28 heavy (non-hydrogen) atoms. The lowest BCUT2D eigenvalue weighted by molar-refractivity contribution is -0.102. The monoisotopic (exact) mass is 500 g/mol. The summed E-state index contributed by atoms with van der Waals surface area (Å²) in [4.78, 5) is 13.1. The van der Waals surface area contributed by atoms with Gasteiger partial charge in [-0.3, -0.25) is 0 Å². The SMILES string of the molecule is COCOC1C[C@H](C/C=C/I)OC(=O)c2c(cccc2OC)C/C=C/C[C@@H]1C. The Bertz CT molecular complexity index is 686. The third-order valence-electron chi connectivity index (χ3n) is 4.84. The van der Waals surface area contributed by atoms with Gasteiger partial charge in [-0.2, -0.15) is 0 Å². The van der Waals surface area contributed by atoms with Gasteiger partial charge in [-0.05, 0) is 34.5 Å². The van der Waals surface area contributed by atoms with E-state index in [1.807, 2.05) is 22.3 Å². The van der Waals surface area contributed by atoms with Gasteiger partial charge < -0.3 is 18.9 Å². The zero-order chi connectivity index (χ0) is 20.4. The highest BCUT2D eigenvalue weighted by molar-refractivity contribution is 14.1. The van der Waals surface area contributed by atoms with E-state index in [1.165, 1.54) is 0 Å². The first-order chi connectivity index (χ1) is 13.6. The largest absolute Gasteiger partial charge is 0.496 e. The maximum absolute atomic E-state index is 13.1. The zero-order valence-electron chi connectivity index (χ0n) is 16.7. The van der Waals surface area contributed by atoms with Crippen LogP contribution in [0.3, 0.4) is 0 Å². The fourth-order valence-electron chi connectivity index (χ4n) is 3.31. The van der Waals surface area contributed by atoms with Crippen LogP contribution in [0.1, 0.15) is 42.1 Å². The minimum atomic E-state index is -0.355. The lowest BCUT2D eigenvalue weighted by Crippen LogP contribution is -2.31. The average Bonchev–Trinajstić information content (AvgIpc) is 2.70. The highest BCUT2D eigenvalue weighted by Crippen LogP contribution is 2.28. The molecule has 1 aromatic rings. The molecule has 0 N–H and O–H groups in total. The third-order valence-corrected chi connectivity index (χ3v) is 5.35. The van der Waals surface area contributed by atoms with Gasteiger partial charge in [0.2, 0.25) is 0 Å². The van der Waals surface area contributed by atoms with Crippen LogP contribution in [-0.4, -0.2) is 39.2 Å². The summed E-state index contributed by atoms with van der Waals surface area (Å²) in [7, 11) is 3.18. The van der Waals surface area contributed by atoms with E-state index >= 15 is 0 Å². The molecule has 1 aromatic carbocycles. The quantitative estimate of drug-likeness (QED) is 0.236. The summed E-state index contributed by atoms with van der Waals surface area (Å²) in [6.07, 6.45) is 8.67. The van der Waals surface area contributed by atoms with Gasteiger partial charge in [0.05, 0.1) is 13.2 Å². The normalized spacial score (nSPS) is 24.7. The Kier molecular flexibility index (Phi) is 10.0. The predicted octanol–water partition coefficient (Wildman–Crippen LogP) is 5.08. The van der Waals surface area contributed by atoms with Gasteiger partial charge in [-0.15, -0.1) is 0 Å². The molecule has 1 aliphatic heterocycles. The van der Waals surface area contributed by atoms with E-state index in [2.05, 4.69) is 41.7 Å². The standard InChI is InChI=1S/C22H29IO5/c1-16-8-4-5-9-17-10-6-12-19(26-3)21(17)22(24)28-18(11-7-13-23)14-20(16)27-15-25-2/h4-7,10,12-13,16,18,20H,8-9,11,14-15H2,1-3H3/b5-4+,13-7+/t16-,18-,20?/m0/s1. The third kappa shape index (κ3) is 6.60. The molecule has 0 saturated carbocycles. The summed E-state index contributed by atoms with van der Waals surface area (Å²) in [6.45, 7) is 2.37. The molecule has 154 valence electrons. The summed E-state index contributed by atoms with van der Waals surface area (Å²) in [6, 6.07) is 5.64. The van der Waals surface area contributed by atoms with Gasteiger partial charge in [0.25, 0.3) is 0 Å². The fraction of sp³-hybridized carbons (Fsp3) is 0.500. The molecule has 0 fully saturated rings. The van der Waals surface area contributed by atoms with Crippen LogP contribution in [0.5, 0.6) is 5.75 Å².